The minimum absolute atomic E-state index is 0.0179. The van der Waals surface area contributed by atoms with Crippen molar-refractivity contribution in [3.05, 3.63) is 41.2 Å². The molecule has 1 atom stereocenters. The number of carbonyl (C=O) groups is 2. The number of aromatic amines is 1. The molecule has 1 aromatic carbocycles. The van der Waals surface area contributed by atoms with Gasteiger partial charge in [0.2, 0.25) is 0 Å². The molecule has 8 heteroatoms. The zero-order chi connectivity index (χ0) is 20.8. The molecule has 0 saturated carbocycles. The molecule has 0 radical (unpaired) electrons. The molecule has 1 saturated heterocycles. The van der Waals surface area contributed by atoms with E-state index in [1.165, 1.54) is 0 Å². The summed E-state index contributed by atoms with van der Waals surface area (Å²) >= 11 is 0. The van der Waals surface area contributed by atoms with Crippen molar-refractivity contribution < 1.29 is 14.3 Å². The Labute approximate surface area is 171 Å². The molecule has 3 amide bonds. The monoisotopic (exact) mass is 399 g/mol. The number of anilines is 1. The lowest BCUT2D eigenvalue weighted by molar-refractivity contribution is -0.134. The van der Waals surface area contributed by atoms with Crippen molar-refractivity contribution >= 4 is 17.6 Å². The van der Waals surface area contributed by atoms with E-state index in [0.717, 1.165) is 35.4 Å². The second-order valence-corrected chi connectivity index (χ2v) is 7.42. The van der Waals surface area contributed by atoms with Gasteiger partial charge in [-0.3, -0.25) is 9.89 Å². The minimum Gasteiger partial charge on any atom is -0.483 e. The number of hydrogen-bond acceptors (Lipinski definition) is 4. The number of rotatable bonds is 6. The van der Waals surface area contributed by atoms with Crippen LogP contribution in [0.25, 0.3) is 0 Å². The first-order chi connectivity index (χ1) is 14.0. The molecule has 8 nitrogen and oxygen atoms in total. The molecule has 0 aliphatic carbocycles. The van der Waals surface area contributed by atoms with Gasteiger partial charge in [0.05, 0.1) is 17.6 Å². The van der Waals surface area contributed by atoms with Crippen molar-refractivity contribution in [1.82, 2.24) is 20.4 Å². The maximum absolute atomic E-state index is 12.7. The number of amides is 3. The van der Waals surface area contributed by atoms with Crippen LogP contribution in [0.5, 0.6) is 5.75 Å². The normalized spacial score (nSPS) is 16.4. The highest BCUT2D eigenvalue weighted by Crippen LogP contribution is 2.30. The number of aromatic nitrogens is 2. The summed E-state index contributed by atoms with van der Waals surface area (Å²) in [7, 11) is 0. The van der Waals surface area contributed by atoms with Crippen LogP contribution in [-0.2, 0) is 4.79 Å². The number of likely N-dealkylation sites (tertiary alicyclic amines) is 1. The number of ether oxygens (including phenoxy) is 1. The van der Waals surface area contributed by atoms with E-state index < -0.39 is 0 Å². The zero-order valence-corrected chi connectivity index (χ0v) is 17.2. The number of carbonyl (C=O) groups excluding carboxylic acids is 2. The van der Waals surface area contributed by atoms with Gasteiger partial charge in [-0.05, 0) is 50.8 Å². The Morgan fingerprint density at radius 2 is 2.17 bits per heavy atom. The third kappa shape index (κ3) is 5.28. The Hall–Kier alpha value is -3.03. The molecule has 0 unspecified atom stereocenters. The largest absolute Gasteiger partial charge is 0.483 e. The standard InChI is InChI=1S/C21H29N5O3/c1-4-22-21(28)24-17-11-23-25-20(17)16-6-5-9-26(12-16)19(27)13-29-18-10-14(2)7-8-15(18)3/h7-8,10-11,16H,4-6,9,12-13H2,1-3H3,(H,23,25)(H2,22,24,28)/t16-/m1/s1. The minimum atomic E-state index is -0.263. The summed E-state index contributed by atoms with van der Waals surface area (Å²) in [4.78, 5) is 26.4. The first-order valence-electron chi connectivity index (χ1n) is 10.0. The lowest BCUT2D eigenvalue weighted by Crippen LogP contribution is -2.41. The van der Waals surface area contributed by atoms with Crippen molar-refractivity contribution in [2.75, 3.05) is 31.6 Å². The van der Waals surface area contributed by atoms with Crippen molar-refractivity contribution in [2.24, 2.45) is 0 Å². The molecule has 3 rings (SSSR count). The summed E-state index contributed by atoms with van der Waals surface area (Å²) in [5.74, 6) is 0.801. The van der Waals surface area contributed by atoms with Gasteiger partial charge in [-0.25, -0.2) is 4.79 Å². The number of benzene rings is 1. The van der Waals surface area contributed by atoms with Crippen LogP contribution in [0.2, 0.25) is 0 Å². The zero-order valence-electron chi connectivity index (χ0n) is 17.2. The lowest BCUT2D eigenvalue weighted by atomic mass is 9.94. The highest BCUT2D eigenvalue weighted by atomic mass is 16.5. The maximum atomic E-state index is 12.7. The third-order valence-electron chi connectivity index (χ3n) is 5.13. The Bertz CT molecular complexity index is 864. The van der Waals surface area contributed by atoms with E-state index in [1.807, 2.05) is 43.9 Å². The summed E-state index contributed by atoms with van der Waals surface area (Å²) in [6.07, 6.45) is 3.42. The summed E-state index contributed by atoms with van der Waals surface area (Å²) in [6.45, 7) is 7.67. The first kappa shape index (κ1) is 20.7. The van der Waals surface area contributed by atoms with Crippen molar-refractivity contribution in [1.29, 1.82) is 0 Å². The second-order valence-electron chi connectivity index (χ2n) is 7.42. The Morgan fingerprint density at radius 1 is 1.34 bits per heavy atom. The number of aryl methyl sites for hydroxylation is 2. The van der Waals surface area contributed by atoms with Crippen LogP contribution in [0.1, 0.15) is 42.5 Å². The highest BCUT2D eigenvalue weighted by Gasteiger charge is 2.28. The number of nitrogens with one attached hydrogen (secondary N) is 3. The van der Waals surface area contributed by atoms with Crippen LogP contribution >= 0.6 is 0 Å². The van der Waals surface area contributed by atoms with Crippen molar-refractivity contribution in [2.45, 2.75) is 39.5 Å². The molecule has 1 aliphatic heterocycles. The predicted octanol–water partition coefficient (Wildman–Crippen LogP) is 2.95. The van der Waals surface area contributed by atoms with Crippen LogP contribution < -0.4 is 15.4 Å². The summed E-state index contributed by atoms with van der Waals surface area (Å²) in [6, 6.07) is 5.70. The van der Waals surface area contributed by atoms with Gasteiger partial charge in [-0.2, -0.15) is 5.10 Å². The average Bonchev–Trinajstić information content (AvgIpc) is 3.16. The number of urea groups is 1. The topological polar surface area (TPSA) is 99.4 Å². The van der Waals surface area contributed by atoms with Crippen molar-refractivity contribution in [3.8, 4) is 5.75 Å². The van der Waals surface area contributed by atoms with Gasteiger partial charge < -0.3 is 20.3 Å². The SMILES string of the molecule is CCNC(=O)Nc1cn[nH]c1[C@@H]1CCCN(C(=O)COc2cc(C)ccc2C)C1. The molecule has 0 spiro atoms. The fourth-order valence-electron chi connectivity index (χ4n) is 3.57. The van der Waals surface area contributed by atoms with Crippen LogP contribution in [-0.4, -0.2) is 53.3 Å². The van der Waals surface area contributed by atoms with Gasteiger partial charge in [0, 0.05) is 25.6 Å². The average molecular weight is 399 g/mol. The van der Waals surface area contributed by atoms with Crippen LogP contribution in [0.4, 0.5) is 10.5 Å². The number of H-pyrrole nitrogens is 1. The Morgan fingerprint density at radius 3 is 2.97 bits per heavy atom. The molecule has 1 fully saturated rings. The molecular weight excluding hydrogens is 370 g/mol. The van der Waals surface area contributed by atoms with Gasteiger partial charge in [0.15, 0.2) is 6.61 Å². The van der Waals surface area contributed by atoms with Gasteiger partial charge in [0.25, 0.3) is 5.91 Å². The molecule has 156 valence electrons. The molecule has 0 bridgehead atoms. The first-order valence-corrected chi connectivity index (χ1v) is 10.0. The van der Waals surface area contributed by atoms with E-state index in [1.54, 1.807) is 6.20 Å². The van der Waals surface area contributed by atoms with Gasteiger partial charge in [-0.1, -0.05) is 12.1 Å². The summed E-state index contributed by atoms with van der Waals surface area (Å²) in [5.41, 5.74) is 3.62. The van der Waals surface area contributed by atoms with E-state index in [4.69, 9.17) is 4.74 Å². The van der Waals surface area contributed by atoms with E-state index >= 15 is 0 Å². The Balaban J connectivity index is 1.60. The van der Waals surface area contributed by atoms with Crippen LogP contribution in [0.15, 0.2) is 24.4 Å². The number of nitrogens with zero attached hydrogens (tertiary/aromatic N) is 2. The molecule has 3 N–H and O–H groups in total. The molecule has 2 heterocycles. The van der Waals surface area contributed by atoms with Crippen LogP contribution in [0, 0.1) is 13.8 Å². The lowest BCUT2D eigenvalue weighted by Gasteiger charge is -2.32. The van der Waals surface area contributed by atoms with Gasteiger partial charge in [0.1, 0.15) is 5.75 Å². The second kappa shape index (κ2) is 9.45. The molecule has 29 heavy (non-hydrogen) atoms. The molecule has 1 aliphatic rings. The number of piperidine rings is 1. The quantitative estimate of drug-likeness (QED) is 0.695. The van der Waals surface area contributed by atoms with E-state index in [-0.39, 0.29) is 24.5 Å². The molecular formula is C21H29N5O3. The highest BCUT2D eigenvalue weighted by molar-refractivity contribution is 5.89. The molecule has 2 aromatic rings. The Kier molecular flexibility index (Phi) is 6.74. The predicted molar refractivity (Wildman–Crippen MR) is 111 cm³/mol. The maximum Gasteiger partial charge on any atom is 0.319 e. The fourth-order valence-corrected chi connectivity index (χ4v) is 3.57. The smallest absolute Gasteiger partial charge is 0.319 e. The van der Waals surface area contributed by atoms with Crippen LogP contribution in [0.3, 0.4) is 0 Å². The van der Waals surface area contributed by atoms with E-state index in [0.29, 0.717) is 25.3 Å². The van der Waals surface area contributed by atoms with Gasteiger partial charge in [-0.15, -0.1) is 0 Å². The van der Waals surface area contributed by atoms with Crippen molar-refractivity contribution in [3.63, 3.8) is 0 Å². The van der Waals surface area contributed by atoms with E-state index in [2.05, 4.69) is 20.8 Å². The summed E-state index contributed by atoms with van der Waals surface area (Å²) < 4.78 is 5.79. The third-order valence-corrected chi connectivity index (χ3v) is 5.13. The number of hydrogen-bond donors (Lipinski definition) is 3. The molecule has 1 aromatic heterocycles. The van der Waals surface area contributed by atoms with Gasteiger partial charge >= 0.3 is 6.03 Å². The fraction of sp³-hybridized carbons (Fsp3) is 0.476. The summed E-state index contributed by atoms with van der Waals surface area (Å²) in [5, 5.41) is 12.6. The van der Waals surface area contributed by atoms with E-state index in [9.17, 15) is 9.59 Å².